The van der Waals surface area contributed by atoms with Crippen LogP contribution in [0.15, 0.2) is 0 Å². The van der Waals surface area contributed by atoms with Gasteiger partial charge in [-0.05, 0) is 6.42 Å². The summed E-state index contributed by atoms with van der Waals surface area (Å²) in [5.74, 6) is -2.56. The number of esters is 2. The number of hydrogen-bond acceptors (Lipinski definition) is 7. The maximum atomic E-state index is 11.5. The molecule has 7 nitrogen and oxygen atoms in total. The standard InChI is InChI=1S/C9H18N2O5S/c1-2-3-4-17(14,15)6-7(11)9(13)16-8(12)5-10/h7H,2-6,10-11H2,1H3/t7-/m1/s1. The minimum Gasteiger partial charge on any atom is -0.391 e. The van der Waals surface area contributed by atoms with E-state index in [0.717, 1.165) is 6.42 Å². The molecule has 0 aromatic carbocycles. The average molecular weight is 266 g/mol. The van der Waals surface area contributed by atoms with Crippen LogP contribution >= 0.6 is 0 Å². The summed E-state index contributed by atoms with van der Waals surface area (Å²) in [6.45, 7) is 1.39. The lowest BCUT2D eigenvalue weighted by Gasteiger charge is -2.10. The van der Waals surface area contributed by atoms with E-state index in [1.165, 1.54) is 0 Å². The maximum absolute atomic E-state index is 11.5. The Morgan fingerprint density at radius 2 is 1.94 bits per heavy atom. The van der Waals surface area contributed by atoms with Crippen molar-refractivity contribution < 1.29 is 22.7 Å². The van der Waals surface area contributed by atoms with Crippen LogP contribution in [-0.4, -0.2) is 44.4 Å². The van der Waals surface area contributed by atoms with E-state index in [9.17, 15) is 18.0 Å². The van der Waals surface area contributed by atoms with Crippen molar-refractivity contribution in [2.45, 2.75) is 25.8 Å². The Bertz CT molecular complexity index is 366. The molecule has 0 saturated carbocycles. The highest BCUT2D eigenvalue weighted by Crippen LogP contribution is 2.00. The van der Waals surface area contributed by atoms with Gasteiger partial charge in [-0.15, -0.1) is 0 Å². The zero-order valence-electron chi connectivity index (χ0n) is 9.72. The van der Waals surface area contributed by atoms with Gasteiger partial charge >= 0.3 is 11.9 Å². The van der Waals surface area contributed by atoms with Crippen LogP contribution in [0.2, 0.25) is 0 Å². The summed E-state index contributed by atoms with van der Waals surface area (Å²) in [4.78, 5) is 21.9. The third-order valence-corrected chi connectivity index (χ3v) is 3.70. The Morgan fingerprint density at radius 1 is 1.35 bits per heavy atom. The minimum absolute atomic E-state index is 0.0324. The summed E-state index contributed by atoms with van der Waals surface area (Å²) in [6.07, 6.45) is 1.23. The molecule has 100 valence electrons. The summed E-state index contributed by atoms with van der Waals surface area (Å²) in [7, 11) is -3.40. The molecule has 0 spiro atoms. The van der Waals surface area contributed by atoms with Gasteiger partial charge < -0.3 is 16.2 Å². The SMILES string of the molecule is CCCCS(=O)(=O)C[C@@H](N)C(=O)OC(=O)CN. The number of unbranched alkanes of at least 4 members (excludes halogenated alkanes) is 1. The molecule has 0 fully saturated rings. The number of nitrogens with two attached hydrogens (primary N) is 2. The number of carbonyl (C=O) groups excluding carboxylic acids is 2. The second kappa shape index (κ2) is 7.36. The molecule has 0 aliphatic carbocycles. The summed E-state index contributed by atoms with van der Waals surface area (Å²) < 4.78 is 27.1. The number of sulfone groups is 1. The largest absolute Gasteiger partial charge is 0.391 e. The monoisotopic (exact) mass is 266 g/mol. The number of rotatable bonds is 7. The molecule has 0 rings (SSSR count). The first kappa shape index (κ1) is 16.0. The molecule has 0 bridgehead atoms. The highest BCUT2D eigenvalue weighted by atomic mass is 32.2. The van der Waals surface area contributed by atoms with Crippen LogP contribution in [0, 0.1) is 0 Å². The van der Waals surface area contributed by atoms with Gasteiger partial charge in [-0.3, -0.25) is 4.79 Å². The molecule has 0 heterocycles. The summed E-state index contributed by atoms with van der Waals surface area (Å²) in [6, 6.07) is -1.35. The van der Waals surface area contributed by atoms with Gasteiger partial charge in [0.15, 0.2) is 9.84 Å². The molecule has 0 unspecified atom stereocenters. The summed E-state index contributed by atoms with van der Waals surface area (Å²) in [5, 5.41) is 0. The molecule has 17 heavy (non-hydrogen) atoms. The molecule has 0 aliphatic rings. The Hall–Kier alpha value is -0.990. The molecule has 0 saturated heterocycles. The molecular formula is C9H18N2O5S. The van der Waals surface area contributed by atoms with Gasteiger partial charge in [-0.2, -0.15) is 0 Å². The molecule has 0 aromatic rings. The van der Waals surface area contributed by atoms with Crippen molar-refractivity contribution in [1.82, 2.24) is 0 Å². The second-order valence-electron chi connectivity index (χ2n) is 3.57. The Labute approximate surface area is 100 Å². The summed E-state index contributed by atoms with van der Waals surface area (Å²) in [5.41, 5.74) is 10.3. The van der Waals surface area contributed by atoms with E-state index in [-0.39, 0.29) is 5.75 Å². The second-order valence-corrected chi connectivity index (χ2v) is 5.80. The van der Waals surface area contributed by atoms with E-state index in [2.05, 4.69) is 4.74 Å². The highest BCUT2D eigenvalue weighted by Gasteiger charge is 2.24. The lowest BCUT2D eigenvalue weighted by molar-refractivity contribution is -0.159. The first-order valence-electron chi connectivity index (χ1n) is 5.23. The smallest absolute Gasteiger partial charge is 0.331 e. The molecule has 8 heteroatoms. The lowest BCUT2D eigenvalue weighted by atomic mass is 10.4. The van der Waals surface area contributed by atoms with Crippen LogP contribution in [0.4, 0.5) is 0 Å². The zero-order chi connectivity index (χ0) is 13.5. The molecular weight excluding hydrogens is 248 g/mol. The molecule has 1 atom stereocenters. The average Bonchev–Trinajstić information content (AvgIpc) is 2.25. The normalized spacial score (nSPS) is 13.1. The number of ether oxygens (including phenoxy) is 1. The fraction of sp³-hybridized carbons (Fsp3) is 0.778. The van der Waals surface area contributed by atoms with E-state index in [4.69, 9.17) is 11.5 Å². The van der Waals surface area contributed by atoms with Gasteiger partial charge in [0.2, 0.25) is 0 Å². The third kappa shape index (κ3) is 7.03. The zero-order valence-corrected chi connectivity index (χ0v) is 10.5. The minimum atomic E-state index is -3.40. The fourth-order valence-corrected chi connectivity index (χ4v) is 2.60. The van der Waals surface area contributed by atoms with E-state index < -0.39 is 40.1 Å². The number of carbonyl (C=O) groups is 2. The van der Waals surface area contributed by atoms with Crippen molar-refractivity contribution in [3.05, 3.63) is 0 Å². The van der Waals surface area contributed by atoms with Crippen LogP contribution in [0.1, 0.15) is 19.8 Å². The van der Waals surface area contributed by atoms with Crippen LogP contribution in [-0.2, 0) is 24.2 Å². The van der Waals surface area contributed by atoms with Crippen molar-refractivity contribution in [1.29, 1.82) is 0 Å². The lowest BCUT2D eigenvalue weighted by Crippen LogP contribution is -2.41. The van der Waals surface area contributed by atoms with Gasteiger partial charge in [-0.25, -0.2) is 13.2 Å². The van der Waals surface area contributed by atoms with Crippen LogP contribution < -0.4 is 11.5 Å². The van der Waals surface area contributed by atoms with E-state index in [0.29, 0.717) is 6.42 Å². The van der Waals surface area contributed by atoms with Crippen LogP contribution in [0.25, 0.3) is 0 Å². The highest BCUT2D eigenvalue weighted by molar-refractivity contribution is 7.91. The fourth-order valence-electron chi connectivity index (χ4n) is 1.02. The molecule has 4 N–H and O–H groups in total. The van der Waals surface area contributed by atoms with Crippen molar-refractivity contribution in [2.24, 2.45) is 11.5 Å². The van der Waals surface area contributed by atoms with Crippen molar-refractivity contribution in [3.63, 3.8) is 0 Å². The van der Waals surface area contributed by atoms with E-state index in [1.807, 2.05) is 6.92 Å². The third-order valence-electron chi connectivity index (χ3n) is 1.93. The van der Waals surface area contributed by atoms with Gasteiger partial charge in [0, 0.05) is 0 Å². The predicted octanol–water partition coefficient (Wildman–Crippen LogP) is -1.44. The van der Waals surface area contributed by atoms with Gasteiger partial charge in [-0.1, -0.05) is 13.3 Å². The molecule has 0 aliphatic heterocycles. The van der Waals surface area contributed by atoms with Crippen molar-refractivity contribution in [2.75, 3.05) is 18.1 Å². The molecule has 0 amide bonds. The van der Waals surface area contributed by atoms with Gasteiger partial charge in [0.05, 0.1) is 18.1 Å². The number of hydrogen-bond donors (Lipinski definition) is 2. The molecule has 0 aromatic heterocycles. The van der Waals surface area contributed by atoms with Gasteiger partial charge in [0.1, 0.15) is 6.04 Å². The Morgan fingerprint density at radius 3 is 2.41 bits per heavy atom. The Balaban J connectivity index is 4.29. The summed E-state index contributed by atoms with van der Waals surface area (Å²) >= 11 is 0. The first-order chi connectivity index (χ1) is 7.82. The van der Waals surface area contributed by atoms with E-state index in [1.54, 1.807) is 0 Å². The first-order valence-corrected chi connectivity index (χ1v) is 7.05. The van der Waals surface area contributed by atoms with Crippen LogP contribution in [0.5, 0.6) is 0 Å². The van der Waals surface area contributed by atoms with Gasteiger partial charge in [0.25, 0.3) is 0 Å². The predicted molar refractivity (Wildman–Crippen MR) is 61.7 cm³/mol. The Kier molecular flexibility index (Phi) is 6.93. The molecule has 0 radical (unpaired) electrons. The van der Waals surface area contributed by atoms with E-state index >= 15 is 0 Å². The van der Waals surface area contributed by atoms with Crippen molar-refractivity contribution in [3.8, 4) is 0 Å². The van der Waals surface area contributed by atoms with Crippen molar-refractivity contribution >= 4 is 21.8 Å². The maximum Gasteiger partial charge on any atom is 0.331 e. The quantitative estimate of drug-likeness (QED) is 0.426. The van der Waals surface area contributed by atoms with Crippen LogP contribution in [0.3, 0.4) is 0 Å². The topological polar surface area (TPSA) is 130 Å².